The van der Waals surface area contributed by atoms with E-state index in [1.807, 2.05) is 24.3 Å². The van der Waals surface area contributed by atoms with Gasteiger partial charge in [-0.3, -0.25) is 0 Å². The third-order valence-electron chi connectivity index (χ3n) is 4.10. The standard InChI is InChI=1S/C16H19NO2/c1-11(13-3-5-14(6-4-13)12(2)18)17-15-7-8-16(17)10-19-9-15/h3-6,15-16,18H,1-2,7-10H2. The summed E-state index contributed by atoms with van der Waals surface area (Å²) in [6.07, 6.45) is 2.38. The van der Waals surface area contributed by atoms with Gasteiger partial charge in [0.05, 0.1) is 25.3 Å². The van der Waals surface area contributed by atoms with Crippen molar-refractivity contribution in [3.63, 3.8) is 0 Å². The number of benzene rings is 1. The number of aliphatic hydroxyl groups is 1. The van der Waals surface area contributed by atoms with E-state index in [-0.39, 0.29) is 5.76 Å². The lowest BCUT2D eigenvalue weighted by molar-refractivity contribution is 0.0156. The van der Waals surface area contributed by atoms with E-state index in [2.05, 4.69) is 18.1 Å². The number of rotatable bonds is 3. The Labute approximate surface area is 113 Å². The van der Waals surface area contributed by atoms with E-state index >= 15 is 0 Å². The Bertz CT molecular complexity index is 490. The van der Waals surface area contributed by atoms with E-state index in [1.165, 1.54) is 12.8 Å². The number of hydrogen-bond donors (Lipinski definition) is 1. The van der Waals surface area contributed by atoms with Gasteiger partial charge in [-0.2, -0.15) is 0 Å². The van der Waals surface area contributed by atoms with Crippen molar-refractivity contribution in [3.8, 4) is 0 Å². The van der Waals surface area contributed by atoms with Crippen molar-refractivity contribution in [1.82, 2.24) is 4.90 Å². The van der Waals surface area contributed by atoms with Crippen LogP contribution < -0.4 is 0 Å². The average Bonchev–Trinajstić information content (AvgIpc) is 2.67. The average molecular weight is 257 g/mol. The Balaban J connectivity index is 1.82. The summed E-state index contributed by atoms with van der Waals surface area (Å²) in [5, 5.41) is 9.35. The molecule has 2 aliphatic rings. The molecule has 2 atom stereocenters. The Morgan fingerprint density at radius 3 is 2.11 bits per heavy atom. The lowest BCUT2D eigenvalue weighted by atomic mass is 10.1. The summed E-state index contributed by atoms with van der Waals surface area (Å²) in [5.41, 5.74) is 2.91. The number of morpholine rings is 1. The summed E-state index contributed by atoms with van der Waals surface area (Å²) in [6, 6.07) is 8.69. The maximum atomic E-state index is 9.35. The molecule has 1 aromatic carbocycles. The molecule has 0 aliphatic carbocycles. The minimum absolute atomic E-state index is 0.101. The predicted molar refractivity (Wildman–Crippen MR) is 76.6 cm³/mol. The molecule has 0 radical (unpaired) electrons. The van der Waals surface area contributed by atoms with Crippen LogP contribution in [-0.4, -0.2) is 35.3 Å². The van der Waals surface area contributed by atoms with Gasteiger partial charge in [-0.1, -0.05) is 37.4 Å². The molecule has 0 saturated carbocycles. The van der Waals surface area contributed by atoms with Crippen molar-refractivity contribution >= 4 is 11.5 Å². The van der Waals surface area contributed by atoms with Crippen LogP contribution in [0.1, 0.15) is 24.0 Å². The van der Waals surface area contributed by atoms with Crippen LogP contribution in [0, 0.1) is 0 Å². The highest BCUT2D eigenvalue weighted by Gasteiger charge is 2.38. The molecule has 2 fully saturated rings. The molecule has 19 heavy (non-hydrogen) atoms. The molecule has 2 bridgehead atoms. The molecule has 2 saturated heterocycles. The van der Waals surface area contributed by atoms with Gasteiger partial charge in [0.25, 0.3) is 0 Å². The normalized spacial score (nSPS) is 25.4. The van der Waals surface area contributed by atoms with Gasteiger partial charge in [0.15, 0.2) is 0 Å². The van der Waals surface area contributed by atoms with Crippen LogP contribution in [-0.2, 0) is 4.74 Å². The number of nitrogens with zero attached hydrogens (tertiary/aromatic N) is 1. The smallest absolute Gasteiger partial charge is 0.115 e. The first kappa shape index (κ1) is 12.3. The molecule has 2 unspecified atom stereocenters. The van der Waals surface area contributed by atoms with Gasteiger partial charge >= 0.3 is 0 Å². The van der Waals surface area contributed by atoms with Crippen LogP contribution in [0.25, 0.3) is 11.5 Å². The minimum atomic E-state index is 0.101. The van der Waals surface area contributed by atoms with E-state index in [9.17, 15) is 5.11 Å². The highest BCUT2D eigenvalue weighted by Crippen LogP contribution is 2.35. The summed E-state index contributed by atoms with van der Waals surface area (Å²) >= 11 is 0. The van der Waals surface area contributed by atoms with Gasteiger partial charge < -0.3 is 14.7 Å². The zero-order valence-corrected chi connectivity index (χ0v) is 11.0. The monoisotopic (exact) mass is 257 g/mol. The molecule has 0 amide bonds. The number of hydrogen-bond acceptors (Lipinski definition) is 3. The van der Waals surface area contributed by atoms with Crippen molar-refractivity contribution in [2.75, 3.05) is 13.2 Å². The molecular formula is C16H19NO2. The van der Waals surface area contributed by atoms with Gasteiger partial charge in [-0.05, 0) is 18.4 Å². The zero-order valence-electron chi connectivity index (χ0n) is 11.0. The third kappa shape index (κ3) is 2.15. The maximum Gasteiger partial charge on any atom is 0.115 e. The molecule has 3 rings (SSSR count). The summed E-state index contributed by atoms with van der Waals surface area (Å²) < 4.78 is 5.60. The molecule has 0 spiro atoms. The fourth-order valence-electron chi connectivity index (χ4n) is 3.07. The lowest BCUT2D eigenvalue weighted by Gasteiger charge is -2.38. The summed E-state index contributed by atoms with van der Waals surface area (Å²) in [4.78, 5) is 2.41. The van der Waals surface area contributed by atoms with Gasteiger partial charge in [-0.25, -0.2) is 0 Å². The van der Waals surface area contributed by atoms with E-state index < -0.39 is 0 Å². The predicted octanol–water partition coefficient (Wildman–Crippen LogP) is 3.05. The molecular weight excluding hydrogens is 238 g/mol. The Morgan fingerprint density at radius 2 is 1.58 bits per heavy atom. The first-order chi connectivity index (χ1) is 9.16. The Kier molecular flexibility index (Phi) is 3.07. The lowest BCUT2D eigenvalue weighted by Crippen LogP contribution is -2.44. The first-order valence-electron chi connectivity index (χ1n) is 6.70. The molecule has 2 aliphatic heterocycles. The third-order valence-corrected chi connectivity index (χ3v) is 4.10. The number of aliphatic hydroxyl groups excluding tert-OH is 1. The zero-order chi connectivity index (χ0) is 13.4. The van der Waals surface area contributed by atoms with Crippen LogP contribution in [0.5, 0.6) is 0 Å². The summed E-state index contributed by atoms with van der Waals surface area (Å²) in [7, 11) is 0. The van der Waals surface area contributed by atoms with E-state index in [1.54, 1.807) is 0 Å². The molecule has 2 heterocycles. The van der Waals surface area contributed by atoms with Gasteiger partial charge in [0.2, 0.25) is 0 Å². The van der Waals surface area contributed by atoms with Crippen molar-refractivity contribution < 1.29 is 9.84 Å². The second-order valence-electron chi connectivity index (χ2n) is 5.30. The van der Waals surface area contributed by atoms with Gasteiger partial charge in [0, 0.05) is 11.3 Å². The van der Waals surface area contributed by atoms with Crippen molar-refractivity contribution in [3.05, 3.63) is 48.6 Å². The fourth-order valence-corrected chi connectivity index (χ4v) is 3.07. The topological polar surface area (TPSA) is 32.7 Å². The van der Waals surface area contributed by atoms with Crippen LogP contribution in [0.2, 0.25) is 0 Å². The molecule has 1 N–H and O–H groups in total. The van der Waals surface area contributed by atoms with Crippen LogP contribution in [0.3, 0.4) is 0 Å². The molecule has 0 aromatic heterocycles. The highest BCUT2D eigenvalue weighted by atomic mass is 16.5. The molecule has 100 valence electrons. The minimum Gasteiger partial charge on any atom is -0.508 e. The van der Waals surface area contributed by atoms with Crippen LogP contribution >= 0.6 is 0 Å². The number of ether oxygens (including phenoxy) is 1. The van der Waals surface area contributed by atoms with Crippen LogP contribution in [0.4, 0.5) is 0 Å². The summed E-state index contributed by atoms with van der Waals surface area (Å²) in [5.74, 6) is 0.101. The Hall–Kier alpha value is -1.74. The van der Waals surface area contributed by atoms with Crippen molar-refractivity contribution in [2.45, 2.75) is 24.9 Å². The Morgan fingerprint density at radius 1 is 1.05 bits per heavy atom. The molecule has 3 nitrogen and oxygen atoms in total. The van der Waals surface area contributed by atoms with Crippen molar-refractivity contribution in [2.24, 2.45) is 0 Å². The van der Waals surface area contributed by atoms with Gasteiger partial charge in [0.1, 0.15) is 5.76 Å². The first-order valence-corrected chi connectivity index (χ1v) is 6.70. The van der Waals surface area contributed by atoms with Crippen LogP contribution in [0.15, 0.2) is 37.4 Å². The SMILES string of the molecule is C=C(O)c1ccc(C(=C)N2C3CCC2COC3)cc1. The second-order valence-corrected chi connectivity index (χ2v) is 5.30. The maximum absolute atomic E-state index is 9.35. The highest BCUT2D eigenvalue weighted by molar-refractivity contribution is 5.66. The van der Waals surface area contributed by atoms with Gasteiger partial charge in [-0.15, -0.1) is 0 Å². The van der Waals surface area contributed by atoms with Crippen molar-refractivity contribution in [1.29, 1.82) is 0 Å². The number of fused-ring (bicyclic) bond motifs is 2. The second kappa shape index (κ2) is 4.74. The van der Waals surface area contributed by atoms with E-state index in [0.29, 0.717) is 12.1 Å². The quantitative estimate of drug-likeness (QED) is 0.845. The van der Waals surface area contributed by atoms with E-state index in [4.69, 9.17) is 4.74 Å². The van der Waals surface area contributed by atoms with E-state index in [0.717, 1.165) is 30.0 Å². The summed E-state index contributed by atoms with van der Waals surface area (Å²) in [6.45, 7) is 9.39. The largest absolute Gasteiger partial charge is 0.508 e. The molecule has 3 heteroatoms. The molecule has 1 aromatic rings. The fraction of sp³-hybridized carbons (Fsp3) is 0.375.